The van der Waals surface area contributed by atoms with Crippen LogP contribution in [0.15, 0.2) is 54.6 Å². The number of aromatic nitrogens is 1. The van der Waals surface area contributed by atoms with Crippen LogP contribution >= 0.6 is 23.5 Å². The van der Waals surface area contributed by atoms with Gasteiger partial charge in [0.25, 0.3) is 5.91 Å². The first-order valence-corrected chi connectivity index (χ1v) is 12.4. The topological polar surface area (TPSA) is 45.3 Å². The fourth-order valence-electron chi connectivity index (χ4n) is 4.80. The summed E-state index contributed by atoms with van der Waals surface area (Å²) < 4.78 is 5.48. The molecule has 1 saturated heterocycles. The first-order chi connectivity index (χ1) is 14.7. The molecule has 1 aliphatic heterocycles. The summed E-state index contributed by atoms with van der Waals surface area (Å²) in [7, 11) is 1.70. The van der Waals surface area contributed by atoms with Gasteiger partial charge in [0.1, 0.15) is 4.08 Å². The molecule has 6 heteroatoms. The maximum Gasteiger partial charge on any atom is 0.254 e. The molecular formula is C24H26N2O2S2. The number of ether oxygens (including phenoxy) is 1. The normalized spacial score (nSPS) is 19.8. The van der Waals surface area contributed by atoms with Crippen molar-refractivity contribution < 1.29 is 9.53 Å². The number of para-hydroxylation sites is 1. The molecule has 1 atom stereocenters. The molecule has 4 nitrogen and oxygen atoms in total. The van der Waals surface area contributed by atoms with Crippen LogP contribution in [-0.4, -0.2) is 47.6 Å². The number of rotatable bonds is 5. The Morgan fingerprint density at radius 2 is 1.87 bits per heavy atom. The quantitative estimate of drug-likeness (QED) is 0.577. The lowest BCUT2D eigenvalue weighted by atomic mass is 9.88. The van der Waals surface area contributed by atoms with E-state index in [0.717, 1.165) is 18.4 Å². The summed E-state index contributed by atoms with van der Waals surface area (Å²) in [6, 6.07) is 18.2. The highest BCUT2D eigenvalue weighted by atomic mass is 32.2. The van der Waals surface area contributed by atoms with E-state index in [0.29, 0.717) is 13.2 Å². The van der Waals surface area contributed by atoms with Gasteiger partial charge in [0, 0.05) is 52.9 Å². The van der Waals surface area contributed by atoms with Crippen molar-refractivity contribution >= 4 is 40.3 Å². The minimum absolute atomic E-state index is 0.0476. The minimum Gasteiger partial charge on any atom is -0.383 e. The van der Waals surface area contributed by atoms with E-state index in [2.05, 4.69) is 52.8 Å². The van der Waals surface area contributed by atoms with Crippen molar-refractivity contribution in [2.24, 2.45) is 0 Å². The summed E-state index contributed by atoms with van der Waals surface area (Å²) in [6.45, 7) is 1.11. The lowest BCUT2D eigenvalue weighted by molar-refractivity contribution is 0.0576. The highest BCUT2D eigenvalue weighted by molar-refractivity contribution is 8.20. The molecule has 1 fully saturated rings. The predicted molar refractivity (Wildman–Crippen MR) is 126 cm³/mol. The molecule has 3 aromatic rings. The van der Waals surface area contributed by atoms with Crippen molar-refractivity contribution in [3.63, 3.8) is 0 Å². The Labute approximate surface area is 185 Å². The fourth-order valence-corrected chi connectivity index (χ4v) is 8.09. The number of thioether (sulfide) groups is 2. The second-order valence-corrected chi connectivity index (χ2v) is 10.9. The van der Waals surface area contributed by atoms with Gasteiger partial charge < -0.3 is 14.6 Å². The molecule has 2 aromatic carbocycles. The molecule has 0 radical (unpaired) electrons. The molecule has 1 spiro atoms. The highest BCUT2D eigenvalue weighted by Gasteiger charge is 2.47. The Balaban J connectivity index is 1.62. The Morgan fingerprint density at radius 3 is 2.63 bits per heavy atom. The second kappa shape index (κ2) is 8.33. The number of nitrogens with zero attached hydrogens (tertiary/aromatic N) is 1. The minimum atomic E-state index is 0.0476. The first kappa shape index (κ1) is 20.0. The molecule has 0 saturated carbocycles. The van der Waals surface area contributed by atoms with Gasteiger partial charge in [-0.1, -0.05) is 36.4 Å². The van der Waals surface area contributed by atoms with Crippen LogP contribution in [0.3, 0.4) is 0 Å². The average Bonchev–Trinajstić information content (AvgIpc) is 3.42. The molecule has 2 aliphatic rings. The Kier molecular flexibility index (Phi) is 5.56. The zero-order valence-electron chi connectivity index (χ0n) is 17.1. The molecule has 0 bridgehead atoms. The SMILES string of the molecule is COCCN(C(=O)c1ccccc1)[C@H]1CCC2(SCCS2)c2[nH]c3ccccc3c21. The van der Waals surface area contributed by atoms with Crippen LogP contribution in [0.2, 0.25) is 0 Å². The van der Waals surface area contributed by atoms with Gasteiger partial charge in [0.15, 0.2) is 0 Å². The third kappa shape index (κ3) is 3.35. The van der Waals surface area contributed by atoms with Crippen molar-refractivity contribution in [3.8, 4) is 0 Å². The summed E-state index contributed by atoms with van der Waals surface area (Å²) >= 11 is 4.13. The number of H-pyrrole nitrogens is 1. The van der Waals surface area contributed by atoms with Gasteiger partial charge in [0.05, 0.1) is 12.6 Å². The van der Waals surface area contributed by atoms with Crippen molar-refractivity contribution in [3.05, 3.63) is 71.4 Å². The van der Waals surface area contributed by atoms with Gasteiger partial charge >= 0.3 is 0 Å². The van der Waals surface area contributed by atoms with Gasteiger partial charge in [0.2, 0.25) is 0 Å². The lowest BCUT2D eigenvalue weighted by Crippen LogP contribution is -2.40. The largest absolute Gasteiger partial charge is 0.383 e. The molecular weight excluding hydrogens is 412 g/mol. The number of amides is 1. The summed E-state index contributed by atoms with van der Waals surface area (Å²) in [5.41, 5.74) is 4.52. The molecule has 0 unspecified atom stereocenters. The van der Waals surface area contributed by atoms with Crippen molar-refractivity contribution in [1.82, 2.24) is 9.88 Å². The number of aromatic amines is 1. The van der Waals surface area contributed by atoms with Crippen LogP contribution in [-0.2, 0) is 8.82 Å². The van der Waals surface area contributed by atoms with Gasteiger partial charge in [-0.25, -0.2) is 0 Å². The van der Waals surface area contributed by atoms with E-state index in [1.165, 1.54) is 33.7 Å². The summed E-state index contributed by atoms with van der Waals surface area (Å²) in [4.78, 5) is 19.4. The number of hydrogen-bond donors (Lipinski definition) is 1. The van der Waals surface area contributed by atoms with Crippen LogP contribution in [0, 0.1) is 0 Å². The van der Waals surface area contributed by atoms with Crippen LogP contribution in [0.1, 0.15) is 40.5 Å². The number of fused-ring (bicyclic) bond motifs is 4. The van der Waals surface area contributed by atoms with Crippen LogP contribution in [0.5, 0.6) is 0 Å². The third-order valence-corrected chi connectivity index (χ3v) is 9.69. The standard InChI is InChI=1S/C24H26N2O2S2/c1-28-14-13-26(23(27)17-7-3-2-4-8-17)20-11-12-24(29-15-16-30-24)22-21(20)18-9-5-6-10-19(18)25-22/h2-10,20,25H,11-16H2,1H3/t20-/m0/s1. The summed E-state index contributed by atoms with van der Waals surface area (Å²) in [6.07, 6.45) is 2.04. The van der Waals surface area contributed by atoms with Crippen LogP contribution in [0.25, 0.3) is 10.9 Å². The number of methoxy groups -OCH3 is 1. The monoisotopic (exact) mass is 438 g/mol. The fraction of sp³-hybridized carbons (Fsp3) is 0.375. The van der Waals surface area contributed by atoms with Crippen molar-refractivity contribution in [2.75, 3.05) is 31.8 Å². The van der Waals surface area contributed by atoms with E-state index < -0.39 is 0 Å². The van der Waals surface area contributed by atoms with E-state index in [1.807, 2.05) is 35.2 Å². The van der Waals surface area contributed by atoms with E-state index in [4.69, 9.17) is 4.74 Å². The van der Waals surface area contributed by atoms with Gasteiger partial charge in [-0.3, -0.25) is 4.79 Å². The first-order valence-electron chi connectivity index (χ1n) is 10.5. The summed E-state index contributed by atoms with van der Waals surface area (Å²) in [5.74, 6) is 2.44. The number of carbonyl (C=O) groups is 1. The number of carbonyl (C=O) groups excluding carboxylic acids is 1. The maximum atomic E-state index is 13.6. The Bertz CT molecular complexity index is 1040. The average molecular weight is 439 g/mol. The summed E-state index contributed by atoms with van der Waals surface area (Å²) in [5, 5.41) is 1.24. The number of hydrogen-bond acceptors (Lipinski definition) is 4. The predicted octanol–water partition coefficient (Wildman–Crippen LogP) is 5.42. The van der Waals surface area contributed by atoms with Gasteiger partial charge in [-0.2, -0.15) is 0 Å². The van der Waals surface area contributed by atoms with Gasteiger partial charge in [-0.15, -0.1) is 23.5 Å². The van der Waals surface area contributed by atoms with E-state index in [-0.39, 0.29) is 16.0 Å². The lowest BCUT2D eigenvalue weighted by Gasteiger charge is -2.41. The molecule has 1 aliphatic carbocycles. The number of nitrogens with one attached hydrogen (secondary N) is 1. The molecule has 5 rings (SSSR count). The molecule has 1 N–H and O–H groups in total. The van der Waals surface area contributed by atoms with E-state index in [9.17, 15) is 4.79 Å². The molecule has 1 amide bonds. The van der Waals surface area contributed by atoms with E-state index >= 15 is 0 Å². The van der Waals surface area contributed by atoms with Crippen molar-refractivity contribution in [2.45, 2.75) is 23.0 Å². The Morgan fingerprint density at radius 1 is 1.13 bits per heavy atom. The molecule has 2 heterocycles. The number of benzene rings is 2. The molecule has 1 aromatic heterocycles. The second-order valence-electron chi connectivity index (χ2n) is 7.82. The van der Waals surface area contributed by atoms with E-state index in [1.54, 1.807) is 7.11 Å². The maximum absolute atomic E-state index is 13.6. The van der Waals surface area contributed by atoms with Crippen LogP contribution in [0.4, 0.5) is 0 Å². The Hall–Kier alpha value is -1.89. The van der Waals surface area contributed by atoms with Gasteiger partial charge in [-0.05, 0) is 31.0 Å². The smallest absolute Gasteiger partial charge is 0.254 e. The zero-order valence-corrected chi connectivity index (χ0v) is 18.7. The highest BCUT2D eigenvalue weighted by Crippen LogP contribution is 2.60. The van der Waals surface area contributed by atoms with Crippen molar-refractivity contribution in [1.29, 1.82) is 0 Å². The van der Waals surface area contributed by atoms with Crippen LogP contribution < -0.4 is 0 Å². The molecule has 30 heavy (non-hydrogen) atoms. The third-order valence-electron chi connectivity index (χ3n) is 6.16. The molecule has 156 valence electrons. The zero-order chi connectivity index (χ0) is 20.6.